The van der Waals surface area contributed by atoms with E-state index in [2.05, 4.69) is 15.3 Å². The zero-order valence-corrected chi connectivity index (χ0v) is 10.1. The number of rotatable bonds is 5. The van der Waals surface area contributed by atoms with Crippen molar-refractivity contribution in [1.29, 1.82) is 0 Å². The third kappa shape index (κ3) is 3.16. The van der Waals surface area contributed by atoms with Gasteiger partial charge in [-0.05, 0) is 38.5 Å². The van der Waals surface area contributed by atoms with Crippen LogP contribution in [0.3, 0.4) is 0 Å². The predicted molar refractivity (Wildman–Crippen MR) is 64.8 cm³/mol. The number of nitrogens with one attached hydrogen (secondary N) is 1. The van der Waals surface area contributed by atoms with E-state index >= 15 is 0 Å². The van der Waals surface area contributed by atoms with E-state index in [1.807, 2.05) is 6.20 Å². The van der Waals surface area contributed by atoms with Gasteiger partial charge in [-0.15, -0.1) is 0 Å². The van der Waals surface area contributed by atoms with E-state index in [9.17, 15) is 0 Å². The molecule has 4 nitrogen and oxygen atoms in total. The molecular formula is C13H19N3O. The Bertz CT molecular complexity index is 373. The summed E-state index contributed by atoms with van der Waals surface area (Å²) in [5.41, 5.74) is 0.979. The molecule has 1 aromatic rings. The van der Waals surface area contributed by atoms with Crippen molar-refractivity contribution in [3.05, 3.63) is 18.1 Å². The van der Waals surface area contributed by atoms with E-state index in [0.29, 0.717) is 18.0 Å². The van der Waals surface area contributed by atoms with Crippen molar-refractivity contribution >= 4 is 0 Å². The molecule has 0 radical (unpaired) electrons. The van der Waals surface area contributed by atoms with Crippen LogP contribution >= 0.6 is 0 Å². The average molecular weight is 233 g/mol. The highest BCUT2D eigenvalue weighted by molar-refractivity contribution is 5.09. The van der Waals surface area contributed by atoms with Crippen LogP contribution in [0.2, 0.25) is 0 Å². The fourth-order valence-electron chi connectivity index (χ4n) is 2.24. The minimum absolute atomic E-state index is 0.357. The Hall–Kier alpha value is -1.16. The Balaban J connectivity index is 1.56. The molecular weight excluding hydrogens is 214 g/mol. The van der Waals surface area contributed by atoms with Crippen LogP contribution in [-0.4, -0.2) is 22.1 Å². The molecule has 0 bridgehead atoms. The first-order valence-electron chi connectivity index (χ1n) is 6.61. The first-order valence-corrected chi connectivity index (χ1v) is 6.61. The van der Waals surface area contributed by atoms with E-state index in [1.165, 1.54) is 25.7 Å². The Morgan fingerprint density at radius 1 is 1.18 bits per heavy atom. The molecule has 2 aliphatic rings. The molecule has 0 aromatic carbocycles. The van der Waals surface area contributed by atoms with Gasteiger partial charge in [0, 0.05) is 18.8 Å². The summed E-state index contributed by atoms with van der Waals surface area (Å²) in [6, 6.07) is 0.705. The zero-order chi connectivity index (χ0) is 11.5. The molecule has 2 aliphatic carbocycles. The summed E-state index contributed by atoms with van der Waals surface area (Å²) in [6.45, 7) is 0.805. The van der Waals surface area contributed by atoms with Gasteiger partial charge in [0.2, 0.25) is 5.88 Å². The maximum absolute atomic E-state index is 5.84. The molecule has 0 unspecified atom stereocenters. The molecule has 1 aromatic heterocycles. The fraction of sp³-hybridized carbons (Fsp3) is 0.692. The molecule has 2 fully saturated rings. The smallest absolute Gasteiger partial charge is 0.232 e. The third-order valence-corrected chi connectivity index (χ3v) is 3.40. The van der Waals surface area contributed by atoms with E-state index < -0.39 is 0 Å². The van der Waals surface area contributed by atoms with Crippen LogP contribution in [0.15, 0.2) is 12.4 Å². The molecule has 92 valence electrons. The quantitative estimate of drug-likeness (QED) is 0.845. The highest BCUT2D eigenvalue weighted by Gasteiger charge is 2.20. The molecule has 0 spiro atoms. The summed E-state index contributed by atoms with van der Waals surface area (Å²) >= 11 is 0. The zero-order valence-electron chi connectivity index (χ0n) is 10.1. The van der Waals surface area contributed by atoms with Gasteiger partial charge in [0.15, 0.2) is 0 Å². The summed E-state index contributed by atoms with van der Waals surface area (Å²) in [5.74, 6) is 0.687. The van der Waals surface area contributed by atoms with Crippen molar-refractivity contribution in [1.82, 2.24) is 15.3 Å². The molecule has 1 heterocycles. The van der Waals surface area contributed by atoms with Gasteiger partial charge in [-0.2, -0.15) is 0 Å². The molecule has 0 atom stereocenters. The van der Waals surface area contributed by atoms with E-state index in [4.69, 9.17) is 4.74 Å². The Morgan fingerprint density at radius 3 is 2.76 bits per heavy atom. The lowest BCUT2D eigenvalue weighted by molar-refractivity contribution is 0.200. The fourth-order valence-corrected chi connectivity index (χ4v) is 2.24. The van der Waals surface area contributed by atoms with Crippen molar-refractivity contribution < 1.29 is 4.74 Å². The second-order valence-corrected chi connectivity index (χ2v) is 5.03. The van der Waals surface area contributed by atoms with Crippen LogP contribution in [0, 0.1) is 0 Å². The van der Waals surface area contributed by atoms with Crippen LogP contribution in [0.4, 0.5) is 0 Å². The highest BCUT2D eigenvalue weighted by Crippen LogP contribution is 2.23. The van der Waals surface area contributed by atoms with Gasteiger partial charge < -0.3 is 10.1 Å². The normalized spacial score (nSPS) is 20.7. The number of aromatic nitrogens is 2. The molecule has 1 N–H and O–H groups in total. The van der Waals surface area contributed by atoms with E-state index in [0.717, 1.165) is 25.1 Å². The minimum Gasteiger partial charge on any atom is -0.473 e. The molecule has 3 rings (SSSR count). The SMILES string of the molecule is c1ncc(OC2CCCC2)nc1CNC1CC1. The van der Waals surface area contributed by atoms with Gasteiger partial charge in [0.1, 0.15) is 6.10 Å². The third-order valence-electron chi connectivity index (χ3n) is 3.40. The van der Waals surface area contributed by atoms with Crippen molar-refractivity contribution in [3.63, 3.8) is 0 Å². The second kappa shape index (κ2) is 5.00. The van der Waals surface area contributed by atoms with Gasteiger partial charge >= 0.3 is 0 Å². The second-order valence-electron chi connectivity index (χ2n) is 5.03. The monoisotopic (exact) mass is 233 g/mol. The summed E-state index contributed by atoms with van der Waals surface area (Å²) in [7, 11) is 0. The predicted octanol–water partition coefficient (Wildman–Crippen LogP) is 2.05. The number of hydrogen-bond donors (Lipinski definition) is 1. The van der Waals surface area contributed by atoms with E-state index in [-0.39, 0.29) is 0 Å². The van der Waals surface area contributed by atoms with Crippen LogP contribution in [-0.2, 0) is 6.54 Å². The Kier molecular flexibility index (Phi) is 3.22. The number of nitrogens with zero attached hydrogens (tertiary/aromatic N) is 2. The minimum atomic E-state index is 0.357. The van der Waals surface area contributed by atoms with Gasteiger partial charge in [0.25, 0.3) is 0 Å². The standard InChI is InChI=1S/C13H19N3O/c1-2-4-12(3-1)17-13-9-14-7-11(16-13)8-15-10-5-6-10/h7,9-10,12,15H,1-6,8H2. The van der Waals surface area contributed by atoms with Crippen molar-refractivity contribution in [2.24, 2.45) is 0 Å². The van der Waals surface area contributed by atoms with Gasteiger partial charge in [-0.25, -0.2) is 4.98 Å². The molecule has 0 amide bonds. The lowest BCUT2D eigenvalue weighted by Gasteiger charge is -2.12. The first kappa shape index (κ1) is 11.0. The van der Waals surface area contributed by atoms with Crippen molar-refractivity contribution in [3.8, 4) is 5.88 Å². The van der Waals surface area contributed by atoms with Gasteiger partial charge in [0.05, 0.1) is 11.9 Å². The largest absolute Gasteiger partial charge is 0.473 e. The molecule has 17 heavy (non-hydrogen) atoms. The highest BCUT2D eigenvalue weighted by atomic mass is 16.5. The summed E-state index contributed by atoms with van der Waals surface area (Å²) in [5, 5.41) is 3.44. The maximum Gasteiger partial charge on any atom is 0.232 e. The summed E-state index contributed by atoms with van der Waals surface area (Å²) < 4.78 is 5.84. The van der Waals surface area contributed by atoms with Crippen molar-refractivity contribution in [2.75, 3.05) is 0 Å². The summed E-state index contributed by atoms with van der Waals surface area (Å²) in [4.78, 5) is 8.69. The molecule has 4 heteroatoms. The van der Waals surface area contributed by atoms with Crippen LogP contribution in [0.1, 0.15) is 44.2 Å². The molecule has 2 saturated carbocycles. The number of ether oxygens (including phenoxy) is 1. The van der Waals surface area contributed by atoms with Gasteiger partial charge in [-0.1, -0.05) is 0 Å². The molecule has 0 aliphatic heterocycles. The van der Waals surface area contributed by atoms with Crippen LogP contribution in [0.25, 0.3) is 0 Å². The Morgan fingerprint density at radius 2 is 2.00 bits per heavy atom. The molecule has 0 saturated heterocycles. The lowest BCUT2D eigenvalue weighted by Crippen LogP contribution is -2.17. The Labute approximate surface area is 102 Å². The van der Waals surface area contributed by atoms with Crippen LogP contribution < -0.4 is 10.1 Å². The summed E-state index contributed by atoms with van der Waals surface area (Å²) in [6.07, 6.45) is 11.4. The van der Waals surface area contributed by atoms with Crippen molar-refractivity contribution in [2.45, 2.75) is 57.2 Å². The van der Waals surface area contributed by atoms with Gasteiger partial charge in [-0.3, -0.25) is 4.98 Å². The first-order chi connectivity index (χ1) is 8.40. The van der Waals surface area contributed by atoms with Crippen LogP contribution in [0.5, 0.6) is 5.88 Å². The lowest BCUT2D eigenvalue weighted by atomic mass is 10.3. The van der Waals surface area contributed by atoms with E-state index in [1.54, 1.807) is 6.20 Å². The topological polar surface area (TPSA) is 47.0 Å². The number of hydrogen-bond acceptors (Lipinski definition) is 4. The average Bonchev–Trinajstić information content (AvgIpc) is 3.05. The maximum atomic E-state index is 5.84.